The lowest BCUT2D eigenvalue weighted by Gasteiger charge is -1.86. The van der Waals surface area contributed by atoms with Gasteiger partial charge in [0.05, 0.1) is 0 Å². The monoisotopic (exact) mass is 139 g/mol. The van der Waals surface area contributed by atoms with E-state index in [1.165, 1.54) is 11.3 Å². The molecule has 0 unspecified atom stereocenters. The van der Waals surface area contributed by atoms with Crippen LogP contribution >= 0.6 is 11.3 Å². The van der Waals surface area contributed by atoms with E-state index in [9.17, 15) is 0 Å². The first-order valence-electron chi connectivity index (χ1n) is 2.45. The summed E-state index contributed by atoms with van der Waals surface area (Å²) in [6, 6.07) is 1.80. The summed E-state index contributed by atoms with van der Waals surface area (Å²) in [4.78, 5) is 0.945. The van der Waals surface area contributed by atoms with E-state index in [0.29, 0.717) is 0 Å². The molecule has 47 valence electrons. The minimum Gasteiger partial charge on any atom is -0.384 e. The fourth-order valence-corrected chi connectivity index (χ4v) is 1.19. The van der Waals surface area contributed by atoms with Crippen LogP contribution in [-0.4, -0.2) is 5.84 Å². The van der Waals surface area contributed by atoms with Gasteiger partial charge >= 0.3 is 0 Å². The molecule has 0 saturated carbocycles. The van der Waals surface area contributed by atoms with Crippen molar-refractivity contribution in [3.05, 3.63) is 28.8 Å². The maximum Gasteiger partial charge on any atom is 0.123 e. The SMILES string of the molecule is [CH2]c1cc(C(=N)N)cs1. The van der Waals surface area contributed by atoms with Gasteiger partial charge in [0, 0.05) is 15.8 Å². The molecular weight excluding hydrogens is 132 g/mol. The average molecular weight is 139 g/mol. The van der Waals surface area contributed by atoms with Gasteiger partial charge in [0.1, 0.15) is 5.84 Å². The number of nitrogens with two attached hydrogens (primary N) is 1. The van der Waals surface area contributed by atoms with E-state index in [4.69, 9.17) is 11.1 Å². The summed E-state index contributed by atoms with van der Waals surface area (Å²) in [5.74, 6) is 0.112. The van der Waals surface area contributed by atoms with Crippen molar-refractivity contribution in [2.45, 2.75) is 0 Å². The molecule has 0 amide bonds. The van der Waals surface area contributed by atoms with Gasteiger partial charge in [-0.25, -0.2) is 0 Å². The van der Waals surface area contributed by atoms with Crippen molar-refractivity contribution in [1.29, 1.82) is 5.41 Å². The molecule has 1 rings (SSSR count). The summed E-state index contributed by atoms with van der Waals surface area (Å²) in [6.45, 7) is 3.69. The van der Waals surface area contributed by atoms with Crippen LogP contribution in [0.15, 0.2) is 11.4 Å². The van der Waals surface area contributed by atoms with Gasteiger partial charge in [-0.2, -0.15) is 0 Å². The highest BCUT2D eigenvalue weighted by Gasteiger charge is 1.96. The molecule has 1 heterocycles. The first-order valence-corrected chi connectivity index (χ1v) is 3.33. The third-order valence-electron chi connectivity index (χ3n) is 0.965. The van der Waals surface area contributed by atoms with Crippen LogP contribution in [0, 0.1) is 12.3 Å². The van der Waals surface area contributed by atoms with Crippen molar-refractivity contribution in [2.75, 3.05) is 0 Å². The lowest BCUT2D eigenvalue weighted by molar-refractivity contribution is 1.44. The number of nitrogen functional groups attached to an aromatic ring is 1. The quantitative estimate of drug-likeness (QED) is 0.446. The van der Waals surface area contributed by atoms with E-state index >= 15 is 0 Å². The Morgan fingerprint density at radius 1 is 1.78 bits per heavy atom. The van der Waals surface area contributed by atoms with E-state index in [1.54, 1.807) is 6.07 Å². The largest absolute Gasteiger partial charge is 0.384 e. The van der Waals surface area contributed by atoms with Crippen LogP contribution in [0.4, 0.5) is 0 Å². The number of hydrogen-bond donors (Lipinski definition) is 2. The van der Waals surface area contributed by atoms with E-state index in [1.807, 2.05) is 5.38 Å². The lowest BCUT2D eigenvalue weighted by atomic mass is 10.3. The van der Waals surface area contributed by atoms with Gasteiger partial charge in [-0.3, -0.25) is 5.41 Å². The number of hydrogen-bond acceptors (Lipinski definition) is 2. The van der Waals surface area contributed by atoms with Gasteiger partial charge in [-0.05, 0) is 13.0 Å². The fraction of sp³-hybridized carbons (Fsp3) is 0. The van der Waals surface area contributed by atoms with Crippen LogP contribution in [0.3, 0.4) is 0 Å². The fourth-order valence-electron chi connectivity index (χ4n) is 0.522. The smallest absolute Gasteiger partial charge is 0.123 e. The molecule has 0 aliphatic heterocycles. The topological polar surface area (TPSA) is 49.9 Å². The highest BCUT2D eigenvalue weighted by Crippen LogP contribution is 2.11. The molecule has 0 aliphatic carbocycles. The molecule has 9 heavy (non-hydrogen) atoms. The Morgan fingerprint density at radius 2 is 2.44 bits per heavy atom. The Hall–Kier alpha value is -0.830. The predicted molar refractivity (Wildman–Crippen MR) is 39.8 cm³/mol. The minimum absolute atomic E-state index is 0.112. The van der Waals surface area contributed by atoms with E-state index in [-0.39, 0.29) is 5.84 Å². The molecular formula is C6H7N2S. The van der Waals surface area contributed by atoms with E-state index in [2.05, 4.69) is 6.92 Å². The normalized spacial score (nSPS) is 9.44. The summed E-state index contributed by atoms with van der Waals surface area (Å²) in [5.41, 5.74) is 5.96. The molecule has 0 aliphatic rings. The zero-order chi connectivity index (χ0) is 6.85. The van der Waals surface area contributed by atoms with Crippen molar-refractivity contribution in [2.24, 2.45) is 5.73 Å². The van der Waals surface area contributed by atoms with Gasteiger partial charge in [-0.1, -0.05) is 0 Å². The van der Waals surface area contributed by atoms with Gasteiger partial charge in [0.15, 0.2) is 0 Å². The van der Waals surface area contributed by atoms with Crippen molar-refractivity contribution in [1.82, 2.24) is 0 Å². The molecule has 1 aromatic heterocycles. The van der Waals surface area contributed by atoms with Gasteiger partial charge < -0.3 is 5.73 Å². The van der Waals surface area contributed by atoms with Crippen LogP contribution < -0.4 is 5.73 Å². The highest BCUT2D eigenvalue weighted by molar-refractivity contribution is 7.10. The molecule has 0 saturated heterocycles. The second-order valence-electron chi connectivity index (χ2n) is 1.72. The molecule has 0 bridgehead atoms. The predicted octanol–water partition coefficient (Wildman–Crippen LogP) is 1.21. The van der Waals surface area contributed by atoms with Crippen LogP contribution in [-0.2, 0) is 0 Å². The lowest BCUT2D eigenvalue weighted by Crippen LogP contribution is -2.09. The van der Waals surface area contributed by atoms with Crippen molar-refractivity contribution < 1.29 is 0 Å². The zero-order valence-electron chi connectivity index (χ0n) is 4.85. The summed E-state index contributed by atoms with van der Waals surface area (Å²) in [6.07, 6.45) is 0. The highest BCUT2D eigenvalue weighted by atomic mass is 32.1. The summed E-state index contributed by atoms with van der Waals surface area (Å²) < 4.78 is 0. The zero-order valence-corrected chi connectivity index (χ0v) is 5.66. The Morgan fingerprint density at radius 3 is 2.67 bits per heavy atom. The third-order valence-corrected chi connectivity index (χ3v) is 1.76. The third kappa shape index (κ3) is 1.29. The van der Waals surface area contributed by atoms with Crippen LogP contribution in [0.5, 0.6) is 0 Å². The standard InChI is InChI=1S/C6H7N2S/c1-4-2-5(3-9-4)6(7)8/h2-3H,1H2,(H3,7,8). The summed E-state index contributed by atoms with van der Waals surface area (Å²) in [5, 5.41) is 8.83. The summed E-state index contributed by atoms with van der Waals surface area (Å²) >= 11 is 1.50. The maximum absolute atomic E-state index is 7.01. The molecule has 0 atom stereocenters. The van der Waals surface area contributed by atoms with Crippen LogP contribution in [0.2, 0.25) is 0 Å². The summed E-state index contributed by atoms with van der Waals surface area (Å²) in [7, 11) is 0. The minimum atomic E-state index is 0.112. The van der Waals surface area contributed by atoms with E-state index in [0.717, 1.165) is 10.4 Å². The van der Waals surface area contributed by atoms with Crippen LogP contribution in [0.25, 0.3) is 0 Å². The van der Waals surface area contributed by atoms with Crippen molar-refractivity contribution in [3.63, 3.8) is 0 Å². The second-order valence-corrected chi connectivity index (χ2v) is 2.71. The molecule has 1 radical (unpaired) electrons. The molecule has 0 aromatic carbocycles. The molecule has 2 nitrogen and oxygen atoms in total. The van der Waals surface area contributed by atoms with Gasteiger partial charge in [0.2, 0.25) is 0 Å². The number of thiophene rings is 1. The second kappa shape index (κ2) is 2.19. The number of nitrogens with one attached hydrogen (secondary N) is 1. The first-order chi connectivity index (χ1) is 4.20. The Kier molecular flexibility index (Phi) is 1.53. The van der Waals surface area contributed by atoms with E-state index < -0.39 is 0 Å². The molecule has 1 aromatic rings. The van der Waals surface area contributed by atoms with Gasteiger partial charge in [-0.15, -0.1) is 11.3 Å². The molecule has 3 heteroatoms. The molecule has 3 N–H and O–H groups in total. The first kappa shape index (κ1) is 6.29. The average Bonchev–Trinajstić information content (AvgIpc) is 2.14. The van der Waals surface area contributed by atoms with Crippen molar-refractivity contribution in [3.8, 4) is 0 Å². The van der Waals surface area contributed by atoms with Crippen LogP contribution in [0.1, 0.15) is 10.4 Å². The van der Waals surface area contributed by atoms with Crippen molar-refractivity contribution >= 4 is 17.2 Å². The number of amidine groups is 1. The Balaban J connectivity index is 2.98. The maximum atomic E-state index is 7.01. The Bertz CT molecular complexity index is 227. The Labute approximate surface area is 57.8 Å². The molecule has 0 fully saturated rings. The van der Waals surface area contributed by atoms with Gasteiger partial charge in [0.25, 0.3) is 0 Å². The molecule has 0 spiro atoms. The number of rotatable bonds is 1.